The number of nitrogens with zero attached hydrogens (tertiary/aromatic N) is 4. The van der Waals surface area contributed by atoms with Crippen LogP contribution in [0.3, 0.4) is 0 Å². The third-order valence-electron chi connectivity index (χ3n) is 8.30. The van der Waals surface area contributed by atoms with Crippen molar-refractivity contribution in [1.29, 1.82) is 0 Å². The van der Waals surface area contributed by atoms with E-state index >= 15 is 0 Å². The van der Waals surface area contributed by atoms with Crippen LogP contribution in [0.2, 0.25) is 0 Å². The van der Waals surface area contributed by atoms with E-state index in [1.165, 1.54) is 91.0 Å². The Morgan fingerprint density at radius 1 is 0.697 bits per heavy atom. The average molecular weight is 1040 g/mol. The van der Waals surface area contributed by atoms with Crippen molar-refractivity contribution in [2.45, 2.75) is 14.7 Å². The molecule has 0 saturated carbocycles. The normalized spacial score (nSPS) is 12.8. The van der Waals surface area contributed by atoms with Gasteiger partial charge in [0.25, 0.3) is 16.0 Å². The van der Waals surface area contributed by atoms with Gasteiger partial charge in [-0.2, -0.15) is 18.6 Å². The predicted octanol–water partition coefficient (Wildman–Crippen LogP) is 6.95. The number of anilines is 2. The van der Waals surface area contributed by atoms with Gasteiger partial charge in [0.05, 0.1) is 67.7 Å². The van der Waals surface area contributed by atoms with E-state index in [-0.39, 0.29) is 84.1 Å². The lowest BCUT2D eigenvalue weighted by atomic mass is 10.1. The number of phenols is 1. The first-order valence-electron chi connectivity index (χ1n) is 17.6. The molecule has 5 aromatic rings. The van der Waals surface area contributed by atoms with Crippen molar-refractivity contribution in [2.24, 2.45) is 20.5 Å². The number of nitrogens with one attached hydrogen (secondary N) is 2. The Labute approximate surface area is 384 Å². The van der Waals surface area contributed by atoms with E-state index in [0.29, 0.717) is 12.0 Å². The topological polar surface area (TPSA) is 376 Å². The summed E-state index contributed by atoms with van der Waals surface area (Å²) in [5.41, 5.74) is 0.340. The maximum Gasteiger partial charge on any atom is 0.283 e. The first-order valence-corrected chi connectivity index (χ1v) is 25.2. The summed E-state index contributed by atoms with van der Waals surface area (Å²) in [6.07, 6.45) is 0. The van der Waals surface area contributed by atoms with Crippen molar-refractivity contribution >= 4 is 116 Å². The maximum absolute atomic E-state index is 13.0. The van der Waals surface area contributed by atoms with Gasteiger partial charge in [0.1, 0.15) is 17.3 Å². The summed E-state index contributed by atoms with van der Waals surface area (Å²) in [5, 5.41) is 68.9. The highest BCUT2D eigenvalue weighted by Gasteiger charge is 2.21. The maximum atomic E-state index is 13.0. The summed E-state index contributed by atoms with van der Waals surface area (Å²) in [6, 6.07) is 19.9. The van der Waals surface area contributed by atoms with Crippen LogP contribution in [-0.4, -0.2) is 90.5 Å². The summed E-state index contributed by atoms with van der Waals surface area (Å²) in [6.45, 7) is -0.288. The monoisotopic (exact) mass is 1040 g/mol. The van der Waals surface area contributed by atoms with Crippen LogP contribution in [-0.2, 0) is 73.2 Å². The number of fused-ring (bicyclic) bond motifs is 1. The van der Waals surface area contributed by atoms with Gasteiger partial charge in [-0.1, -0.05) is 15.1 Å². The zero-order chi connectivity index (χ0) is 47.9. The third kappa shape index (κ3) is 15.0. The Balaban J connectivity index is 1.39. The van der Waals surface area contributed by atoms with E-state index < -0.39 is 75.7 Å². The fourth-order valence-electron chi connectivity index (χ4n) is 5.29. The lowest BCUT2D eigenvalue weighted by Gasteiger charge is -2.14. The Kier molecular flexibility index (Phi) is 18.9. The highest BCUT2D eigenvalue weighted by Crippen LogP contribution is 2.48. The minimum Gasteiger partial charge on any atom is -0.505 e. The number of sulfone groups is 2. The number of hydrogen-bond donors (Lipinski definition) is 7. The fraction of sp³-hybridized carbons (Fsp3) is 0.147. The molecule has 5 aromatic carbocycles. The molecule has 5 rings (SSSR count). The molecule has 0 fully saturated rings. The van der Waals surface area contributed by atoms with Crippen LogP contribution < -0.4 is 10.6 Å². The molecule has 26 nitrogen and oxygen atoms in total. The first-order chi connectivity index (χ1) is 31.4. The lowest BCUT2D eigenvalue weighted by Crippen LogP contribution is -2.14. The molecule has 32 heteroatoms. The van der Waals surface area contributed by atoms with E-state index in [0.717, 1.165) is 0 Å². The molecule has 66 heavy (non-hydrogen) atoms. The molecule has 0 bridgehead atoms. The number of carbonyl (C=O) groups is 1. The third-order valence-corrected chi connectivity index (χ3v) is 14.2. The van der Waals surface area contributed by atoms with E-state index in [1.807, 2.05) is 0 Å². The molecular weight excluding hydrogens is 1000 g/mol. The molecule has 0 aliphatic heterocycles. The highest BCUT2D eigenvalue weighted by molar-refractivity contribution is 7.94. The van der Waals surface area contributed by atoms with Crippen LogP contribution in [0.15, 0.2) is 126 Å². The van der Waals surface area contributed by atoms with Crippen LogP contribution >= 0.6 is 24.4 Å². The molecule has 0 saturated heterocycles. The zero-order valence-electron chi connectivity index (χ0n) is 32.8. The Bertz CT molecular complexity index is 2910. The van der Waals surface area contributed by atoms with Gasteiger partial charge in [-0.3, -0.25) is 13.5 Å². The molecule has 1 atom stereocenters. The number of benzene rings is 5. The van der Waals surface area contributed by atoms with E-state index in [9.17, 15) is 43.9 Å². The minimum absolute atomic E-state index is 0.00614. The summed E-state index contributed by atoms with van der Waals surface area (Å²) in [7, 11) is -12.3. The Morgan fingerprint density at radius 3 is 1.89 bits per heavy atom. The zero-order valence-corrected chi connectivity index (χ0v) is 37.7. The highest BCUT2D eigenvalue weighted by atomic mass is 32.2. The lowest BCUT2D eigenvalue weighted by molar-refractivity contribution is -0.434. The molecule has 0 spiro atoms. The van der Waals surface area contributed by atoms with Gasteiger partial charge in [-0.15, -0.1) is 23.2 Å². The SMILES string of the molecule is O=C(Nc1ccc(S(=O)(=O)CCOSOOO)cc1)c1ccc(N=Nc2c(NCS(=O)(=O)O)ccc3c(O)c(N=Nc4ccc(S(=O)(=O)CCS(=O)OOO)cc4)c(SOOO)cc23)cc1. The van der Waals surface area contributed by atoms with Gasteiger partial charge in [0.15, 0.2) is 48.8 Å². The molecule has 354 valence electrons. The number of azo groups is 2. The van der Waals surface area contributed by atoms with Gasteiger partial charge in [0, 0.05) is 22.0 Å². The summed E-state index contributed by atoms with van der Waals surface area (Å²) in [5.74, 6) is -3.65. The minimum atomic E-state index is -4.57. The average Bonchev–Trinajstić information content (AvgIpc) is 3.29. The summed E-state index contributed by atoms with van der Waals surface area (Å²) in [4.78, 5) is 12.7. The molecular formula is C34H32N6O20S6. The van der Waals surface area contributed by atoms with Crippen LogP contribution in [0, 0.1) is 0 Å². The van der Waals surface area contributed by atoms with Crippen LogP contribution in [0.1, 0.15) is 10.4 Å². The molecule has 0 aliphatic rings. The van der Waals surface area contributed by atoms with Crippen molar-refractivity contribution in [1.82, 2.24) is 0 Å². The fourth-order valence-corrected chi connectivity index (χ4v) is 9.87. The molecule has 7 N–H and O–H groups in total. The molecule has 0 aromatic heterocycles. The molecule has 1 unspecified atom stereocenters. The number of rotatable bonds is 25. The molecule has 0 heterocycles. The quantitative estimate of drug-likeness (QED) is 0.00776. The van der Waals surface area contributed by atoms with Crippen molar-refractivity contribution in [3.8, 4) is 5.75 Å². The number of aromatic hydroxyl groups is 1. The summed E-state index contributed by atoms with van der Waals surface area (Å²) < 4.78 is 112. The molecule has 0 radical (unpaired) electrons. The second-order valence-electron chi connectivity index (χ2n) is 12.5. The van der Waals surface area contributed by atoms with E-state index in [2.05, 4.69) is 59.2 Å². The Morgan fingerprint density at radius 2 is 1.29 bits per heavy atom. The van der Waals surface area contributed by atoms with Crippen molar-refractivity contribution in [2.75, 3.05) is 40.4 Å². The number of phenolic OH excluding ortho intramolecular Hbond substituents is 1. The van der Waals surface area contributed by atoms with Gasteiger partial charge < -0.3 is 15.7 Å². The number of hydrogen-bond acceptors (Lipinski definition) is 26. The smallest absolute Gasteiger partial charge is 0.283 e. The first kappa shape index (κ1) is 51.9. The standard InChI is InChI=1S/C34H32N6O20S6/c41-33-27-13-14-29(35-20-66(51,52)53)31(28(27)19-30(61-58-55-43)32(33)40-38-24-7-11-26(12-8-24)65(49,50)18-16-63(46)60-57-45)39-37-23-3-1-21(2-4-23)34(42)36-22-5-9-25(10-6-22)64(47,48)17-15-54-62-59-56-44/h1-14,19,35,41,43-45H,15-18,20H2,(H,36,42)(H,51,52,53). The van der Waals surface area contributed by atoms with Crippen molar-refractivity contribution < 1.29 is 92.0 Å². The van der Waals surface area contributed by atoms with E-state index in [4.69, 9.17) is 20.0 Å². The number of carbonyl (C=O) groups excluding carboxylic acids is 1. The largest absolute Gasteiger partial charge is 0.505 e. The van der Waals surface area contributed by atoms with E-state index in [1.54, 1.807) is 0 Å². The molecule has 1 amide bonds. The van der Waals surface area contributed by atoms with Crippen molar-refractivity contribution in [3.63, 3.8) is 0 Å². The van der Waals surface area contributed by atoms with Gasteiger partial charge in [0.2, 0.25) is 0 Å². The Hall–Kier alpha value is -5.11. The second-order valence-corrected chi connectivity index (χ2v) is 20.6. The van der Waals surface area contributed by atoms with Crippen LogP contribution in [0.4, 0.5) is 34.1 Å². The van der Waals surface area contributed by atoms with Gasteiger partial charge in [-0.25, -0.2) is 36.8 Å². The van der Waals surface area contributed by atoms with Gasteiger partial charge >= 0.3 is 0 Å². The van der Waals surface area contributed by atoms with Crippen molar-refractivity contribution in [3.05, 3.63) is 96.6 Å². The van der Waals surface area contributed by atoms with Crippen LogP contribution in [0.25, 0.3) is 10.8 Å². The summed E-state index contributed by atoms with van der Waals surface area (Å²) >= 11 is -1.66. The molecule has 0 aliphatic carbocycles. The number of amides is 1. The van der Waals surface area contributed by atoms with Crippen LogP contribution in [0.5, 0.6) is 5.75 Å². The second kappa shape index (κ2) is 24.1. The van der Waals surface area contributed by atoms with Gasteiger partial charge in [-0.05, 0) is 91.0 Å². The predicted molar refractivity (Wildman–Crippen MR) is 232 cm³/mol.